The summed E-state index contributed by atoms with van der Waals surface area (Å²) in [6, 6.07) is 4.71. The van der Waals surface area contributed by atoms with Crippen LogP contribution in [0.4, 0.5) is 0 Å². The molecule has 4 aliphatic rings. The zero-order valence-corrected chi connectivity index (χ0v) is 26.2. The summed E-state index contributed by atoms with van der Waals surface area (Å²) in [6.07, 6.45) is 17.3. The van der Waals surface area contributed by atoms with Crippen molar-refractivity contribution in [1.29, 1.82) is 0 Å². The first-order valence-electron chi connectivity index (χ1n) is 16.8. The summed E-state index contributed by atoms with van der Waals surface area (Å²) in [7, 11) is 1.49. The second kappa shape index (κ2) is 13.4. The molecule has 0 bridgehead atoms. The largest absolute Gasteiger partial charge is 0.469 e. The number of esters is 1. The molecule has 10 atom stereocenters. The highest BCUT2D eigenvalue weighted by atomic mass is 16.5. The number of fused-ring (bicyclic) bond motifs is 5. The number of rotatable bonds is 12. The number of nitrogens with zero attached hydrogens (tertiary/aromatic N) is 1. The van der Waals surface area contributed by atoms with Crippen molar-refractivity contribution in [3.8, 4) is 0 Å². The van der Waals surface area contributed by atoms with E-state index in [-0.39, 0.29) is 12.1 Å². The van der Waals surface area contributed by atoms with Crippen molar-refractivity contribution in [2.45, 2.75) is 117 Å². The van der Waals surface area contributed by atoms with E-state index in [2.05, 4.69) is 42.5 Å². The number of aliphatic hydroxyl groups excluding tert-OH is 1. The van der Waals surface area contributed by atoms with Gasteiger partial charge in [0.2, 0.25) is 0 Å². The molecule has 0 saturated heterocycles. The van der Waals surface area contributed by atoms with Crippen LogP contribution in [-0.2, 0) is 16.1 Å². The summed E-state index contributed by atoms with van der Waals surface area (Å²) in [5, 5.41) is 19.2. The third-order valence-corrected chi connectivity index (χ3v) is 12.7. The minimum absolute atomic E-state index is 0.0826. The number of ether oxygens (including phenoxy) is 1. The van der Waals surface area contributed by atoms with E-state index in [1.165, 1.54) is 70.5 Å². The normalized spacial score (nSPS) is 38.9. The number of methoxy groups -OCH3 is 1. The molecule has 1 aromatic rings. The molecular weight excluding hydrogens is 510 g/mol. The number of nitrogens with one attached hydrogen (secondary N) is 2. The Hall–Kier alpha value is -1.50. The zero-order chi connectivity index (χ0) is 29.0. The second-order valence-electron chi connectivity index (χ2n) is 14.8. The van der Waals surface area contributed by atoms with Gasteiger partial charge in [-0.1, -0.05) is 26.8 Å². The standard InChI is InChI=1S/C35H57N3O3/c1-24(9-12-32(40)41-4)28-10-11-29-33-30(14-16-35(28,29)3)34(2)15-13-27(20-26(34)21-31(33)39)38-19-6-5-17-36-22-25-8-7-18-37-23-25/h7-8,18,23-24,26-31,33,36,38-39H,5-6,9-17,19-22H2,1-4H3/t24-,26-,27+,28?,29?,30?,31-,33?,34+,35-/m1/s1. The van der Waals surface area contributed by atoms with Gasteiger partial charge in [-0.25, -0.2) is 0 Å². The molecule has 1 aromatic heterocycles. The number of unbranched alkanes of at least 4 members (excludes halogenated alkanes) is 1. The van der Waals surface area contributed by atoms with E-state index >= 15 is 0 Å². The fraction of sp³-hybridized carbons (Fsp3) is 0.829. The van der Waals surface area contributed by atoms with E-state index in [0.29, 0.717) is 58.8 Å². The first-order chi connectivity index (χ1) is 19.8. The van der Waals surface area contributed by atoms with E-state index in [1.807, 2.05) is 18.5 Å². The van der Waals surface area contributed by atoms with Crippen molar-refractivity contribution in [3.05, 3.63) is 30.1 Å². The third-order valence-electron chi connectivity index (χ3n) is 12.7. The van der Waals surface area contributed by atoms with Crippen molar-refractivity contribution >= 4 is 5.97 Å². The molecule has 0 spiro atoms. The molecule has 4 aliphatic carbocycles. The van der Waals surface area contributed by atoms with Gasteiger partial charge in [0.1, 0.15) is 0 Å². The van der Waals surface area contributed by atoms with Crippen molar-refractivity contribution in [2.75, 3.05) is 20.2 Å². The van der Waals surface area contributed by atoms with Gasteiger partial charge >= 0.3 is 5.97 Å². The Labute approximate surface area is 249 Å². The van der Waals surface area contributed by atoms with E-state index in [9.17, 15) is 9.90 Å². The maximum atomic E-state index is 11.8. The summed E-state index contributed by atoms with van der Waals surface area (Å²) in [6.45, 7) is 10.5. The van der Waals surface area contributed by atoms with Crippen molar-refractivity contribution in [3.63, 3.8) is 0 Å². The third kappa shape index (κ3) is 6.55. The van der Waals surface area contributed by atoms with Gasteiger partial charge in [-0.2, -0.15) is 0 Å². The molecule has 6 heteroatoms. The van der Waals surface area contributed by atoms with Crippen LogP contribution in [0, 0.1) is 46.3 Å². The number of pyridine rings is 1. The van der Waals surface area contributed by atoms with Gasteiger partial charge in [0.05, 0.1) is 13.2 Å². The lowest BCUT2D eigenvalue weighted by atomic mass is 9.43. The number of hydrogen-bond donors (Lipinski definition) is 3. The molecule has 0 radical (unpaired) electrons. The van der Waals surface area contributed by atoms with Crippen LogP contribution in [0.25, 0.3) is 0 Å². The highest BCUT2D eigenvalue weighted by Gasteiger charge is 2.62. The Morgan fingerprint density at radius 3 is 2.66 bits per heavy atom. The number of carbonyl (C=O) groups excluding carboxylic acids is 1. The van der Waals surface area contributed by atoms with Crippen LogP contribution in [0.5, 0.6) is 0 Å². The number of aromatic nitrogens is 1. The Balaban J connectivity index is 1.10. The Kier molecular flexibility index (Phi) is 10.1. The lowest BCUT2D eigenvalue weighted by molar-refractivity contribution is -0.167. The highest BCUT2D eigenvalue weighted by Crippen LogP contribution is 2.68. The lowest BCUT2D eigenvalue weighted by Gasteiger charge is -2.62. The van der Waals surface area contributed by atoms with Crippen LogP contribution < -0.4 is 10.6 Å². The van der Waals surface area contributed by atoms with Crippen molar-refractivity contribution < 1.29 is 14.6 Å². The number of carbonyl (C=O) groups is 1. The quantitative estimate of drug-likeness (QED) is 0.208. The molecule has 4 saturated carbocycles. The molecule has 4 unspecified atom stereocenters. The summed E-state index contributed by atoms with van der Waals surface area (Å²) < 4.78 is 4.92. The van der Waals surface area contributed by atoms with Crippen LogP contribution in [0.15, 0.2) is 24.5 Å². The summed E-state index contributed by atoms with van der Waals surface area (Å²) in [5.41, 5.74) is 1.91. The lowest BCUT2D eigenvalue weighted by Crippen LogP contribution is -2.59. The molecule has 41 heavy (non-hydrogen) atoms. The van der Waals surface area contributed by atoms with E-state index in [1.54, 1.807) is 0 Å². The molecule has 4 fully saturated rings. The number of aliphatic hydroxyl groups is 1. The molecule has 0 aromatic carbocycles. The fourth-order valence-corrected chi connectivity index (χ4v) is 10.4. The van der Waals surface area contributed by atoms with Gasteiger partial charge in [0, 0.05) is 31.4 Å². The SMILES string of the molecule is COC(=O)CC[C@@H](C)C1CCC2C3C(CC[C@@]21C)[C@@]1(C)CC[C@H](NCCCCNCc2cccnc2)C[C@@H]1C[C@H]3O. The van der Waals surface area contributed by atoms with Crippen LogP contribution >= 0.6 is 0 Å². The van der Waals surface area contributed by atoms with E-state index in [4.69, 9.17) is 4.74 Å². The second-order valence-corrected chi connectivity index (χ2v) is 14.8. The predicted molar refractivity (Wildman–Crippen MR) is 164 cm³/mol. The van der Waals surface area contributed by atoms with E-state index < -0.39 is 0 Å². The molecule has 5 rings (SSSR count). The van der Waals surface area contributed by atoms with Gasteiger partial charge in [-0.3, -0.25) is 9.78 Å². The Morgan fingerprint density at radius 1 is 1.10 bits per heavy atom. The minimum Gasteiger partial charge on any atom is -0.469 e. The zero-order valence-electron chi connectivity index (χ0n) is 26.2. The van der Waals surface area contributed by atoms with Crippen LogP contribution in [0.1, 0.15) is 103 Å². The average molecular weight is 568 g/mol. The topological polar surface area (TPSA) is 83.5 Å². The van der Waals surface area contributed by atoms with Gasteiger partial charge in [0.15, 0.2) is 0 Å². The van der Waals surface area contributed by atoms with Crippen molar-refractivity contribution in [2.24, 2.45) is 46.3 Å². The summed E-state index contributed by atoms with van der Waals surface area (Å²) >= 11 is 0. The molecule has 1 heterocycles. The Bertz CT molecular complexity index is 990. The molecule has 230 valence electrons. The fourth-order valence-electron chi connectivity index (χ4n) is 10.4. The highest BCUT2D eigenvalue weighted by molar-refractivity contribution is 5.69. The minimum atomic E-state index is -0.156. The van der Waals surface area contributed by atoms with Gasteiger partial charge in [0.25, 0.3) is 0 Å². The van der Waals surface area contributed by atoms with Crippen LogP contribution in [0.3, 0.4) is 0 Å². The molecule has 3 N–H and O–H groups in total. The molecular formula is C35H57N3O3. The van der Waals surface area contributed by atoms with Crippen LogP contribution in [0.2, 0.25) is 0 Å². The van der Waals surface area contributed by atoms with Crippen LogP contribution in [-0.4, -0.2) is 48.4 Å². The maximum Gasteiger partial charge on any atom is 0.305 e. The molecule has 0 amide bonds. The first-order valence-corrected chi connectivity index (χ1v) is 16.8. The van der Waals surface area contributed by atoms with Gasteiger partial charge < -0.3 is 20.5 Å². The molecule has 0 aliphatic heterocycles. The summed E-state index contributed by atoms with van der Waals surface area (Å²) in [5.74, 6) is 3.47. The smallest absolute Gasteiger partial charge is 0.305 e. The van der Waals surface area contributed by atoms with Gasteiger partial charge in [-0.05, 0) is 142 Å². The monoisotopic (exact) mass is 567 g/mol. The average Bonchev–Trinajstić information content (AvgIpc) is 3.33. The maximum absolute atomic E-state index is 11.8. The first kappa shape index (κ1) is 30.9. The van der Waals surface area contributed by atoms with Crippen molar-refractivity contribution in [1.82, 2.24) is 15.6 Å². The Morgan fingerprint density at radius 2 is 1.88 bits per heavy atom. The summed E-state index contributed by atoms with van der Waals surface area (Å²) in [4.78, 5) is 16.0. The number of hydrogen-bond acceptors (Lipinski definition) is 6. The van der Waals surface area contributed by atoms with E-state index in [0.717, 1.165) is 32.5 Å². The predicted octanol–water partition coefficient (Wildman–Crippen LogP) is 6.13. The molecule has 6 nitrogen and oxygen atoms in total. The van der Waals surface area contributed by atoms with Gasteiger partial charge in [-0.15, -0.1) is 0 Å².